The topological polar surface area (TPSA) is 120 Å². The number of amides is 2. The van der Waals surface area contributed by atoms with Gasteiger partial charge in [-0.25, -0.2) is 10.5 Å². The Morgan fingerprint density at radius 2 is 1.86 bits per heavy atom. The molecule has 0 fully saturated rings. The molecule has 1 aromatic heterocycles. The lowest BCUT2D eigenvalue weighted by Crippen LogP contribution is -2.20. The maximum Gasteiger partial charge on any atom is 0.255 e. The lowest BCUT2D eigenvalue weighted by Gasteiger charge is -2.11. The first-order valence-electron chi connectivity index (χ1n) is 10.8. The quantitative estimate of drug-likeness (QED) is 0.212. The molecule has 4 rings (SSSR count). The van der Waals surface area contributed by atoms with Crippen LogP contribution in [0.2, 0.25) is 5.02 Å². The van der Waals surface area contributed by atoms with E-state index in [1.807, 2.05) is 37.2 Å². The summed E-state index contributed by atoms with van der Waals surface area (Å²) >= 11 is 6.45. The van der Waals surface area contributed by atoms with Gasteiger partial charge < -0.3 is 19.9 Å². The highest BCUT2D eigenvalue weighted by molar-refractivity contribution is 6.33. The molecule has 3 aromatic carbocycles. The number of H-pyrrole nitrogens is 1. The summed E-state index contributed by atoms with van der Waals surface area (Å²) in [5, 5.41) is 11.9. The van der Waals surface area contributed by atoms with Crippen LogP contribution in [-0.4, -0.2) is 47.7 Å². The molecule has 1 heterocycles. The first-order chi connectivity index (χ1) is 16.8. The van der Waals surface area contributed by atoms with Crippen LogP contribution in [-0.2, 0) is 4.79 Å². The van der Waals surface area contributed by atoms with Crippen molar-refractivity contribution in [1.82, 2.24) is 15.4 Å². The van der Waals surface area contributed by atoms with Crippen molar-refractivity contribution in [3.63, 3.8) is 0 Å². The molecule has 0 atom stereocenters. The molecule has 2 amide bonds. The zero-order valence-corrected chi connectivity index (χ0v) is 19.9. The SMILES string of the molecule is CN(C)c1ccc2[nH]c(-c3cc(NC(=O)c4ccc(OCCC(=O)NO)cc4)ccc3Cl)nc2c1. The van der Waals surface area contributed by atoms with E-state index in [2.05, 4.69) is 15.3 Å². The van der Waals surface area contributed by atoms with Gasteiger partial charge in [0.05, 0.1) is 29.1 Å². The summed E-state index contributed by atoms with van der Waals surface area (Å²) < 4.78 is 5.42. The van der Waals surface area contributed by atoms with Crippen molar-refractivity contribution in [1.29, 1.82) is 0 Å². The molecule has 180 valence electrons. The summed E-state index contributed by atoms with van der Waals surface area (Å²) in [6.45, 7) is 0.101. The summed E-state index contributed by atoms with van der Waals surface area (Å²) in [5.74, 6) is 0.269. The largest absolute Gasteiger partial charge is 0.493 e. The van der Waals surface area contributed by atoms with Crippen LogP contribution in [0.4, 0.5) is 11.4 Å². The average Bonchev–Trinajstić information content (AvgIpc) is 3.28. The Morgan fingerprint density at radius 3 is 2.57 bits per heavy atom. The second-order valence-electron chi connectivity index (χ2n) is 7.99. The zero-order valence-electron chi connectivity index (χ0n) is 19.1. The van der Waals surface area contributed by atoms with Gasteiger partial charge in [-0.15, -0.1) is 0 Å². The number of carbonyl (C=O) groups excluding carboxylic acids is 2. The fraction of sp³-hybridized carbons (Fsp3) is 0.160. The molecule has 10 heteroatoms. The van der Waals surface area contributed by atoms with Crippen LogP contribution >= 0.6 is 11.6 Å². The van der Waals surface area contributed by atoms with Crippen LogP contribution in [0, 0.1) is 0 Å². The molecule has 9 nitrogen and oxygen atoms in total. The van der Waals surface area contributed by atoms with E-state index >= 15 is 0 Å². The fourth-order valence-electron chi connectivity index (χ4n) is 3.41. The van der Waals surface area contributed by atoms with Gasteiger partial charge in [-0.1, -0.05) is 11.6 Å². The van der Waals surface area contributed by atoms with Crippen LogP contribution in [0.25, 0.3) is 22.4 Å². The minimum absolute atomic E-state index is 0.0136. The molecule has 0 saturated heterocycles. The van der Waals surface area contributed by atoms with Gasteiger partial charge in [-0.05, 0) is 60.7 Å². The molecule has 0 saturated carbocycles. The predicted molar refractivity (Wildman–Crippen MR) is 135 cm³/mol. The van der Waals surface area contributed by atoms with Crippen LogP contribution in [0.1, 0.15) is 16.8 Å². The first kappa shape index (κ1) is 24.1. The lowest BCUT2D eigenvalue weighted by molar-refractivity contribution is -0.129. The number of hydrogen-bond acceptors (Lipinski definition) is 6. The van der Waals surface area contributed by atoms with Crippen LogP contribution in [0.5, 0.6) is 5.75 Å². The maximum atomic E-state index is 12.7. The van der Waals surface area contributed by atoms with E-state index in [0.717, 1.165) is 16.7 Å². The summed E-state index contributed by atoms with van der Waals surface area (Å²) in [5.41, 5.74) is 5.95. The number of carbonyl (C=O) groups is 2. The number of nitrogens with zero attached hydrogens (tertiary/aromatic N) is 2. The van der Waals surface area contributed by atoms with Crippen LogP contribution < -0.4 is 20.4 Å². The number of halogens is 1. The average molecular weight is 494 g/mol. The Bertz CT molecular complexity index is 1370. The van der Waals surface area contributed by atoms with E-state index in [0.29, 0.717) is 33.4 Å². The van der Waals surface area contributed by atoms with E-state index in [-0.39, 0.29) is 18.9 Å². The molecular weight excluding hydrogens is 470 g/mol. The van der Waals surface area contributed by atoms with Crippen LogP contribution in [0.15, 0.2) is 60.7 Å². The van der Waals surface area contributed by atoms with Gasteiger partial charge in [-0.3, -0.25) is 14.8 Å². The van der Waals surface area contributed by atoms with E-state index < -0.39 is 5.91 Å². The molecule has 35 heavy (non-hydrogen) atoms. The summed E-state index contributed by atoms with van der Waals surface area (Å²) in [4.78, 5) is 33.8. The molecule has 4 N–H and O–H groups in total. The van der Waals surface area contributed by atoms with Crippen molar-refractivity contribution in [2.45, 2.75) is 6.42 Å². The number of nitrogens with one attached hydrogen (secondary N) is 3. The molecule has 0 aliphatic carbocycles. The molecule has 0 aliphatic heterocycles. The van der Waals surface area contributed by atoms with Crippen molar-refractivity contribution >= 4 is 45.8 Å². The summed E-state index contributed by atoms with van der Waals surface area (Å²) in [7, 11) is 3.94. The summed E-state index contributed by atoms with van der Waals surface area (Å²) in [6, 6.07) is 17.7. The third kappa shape index (κ3) is 5.71. The van der Waals surface area contributed by atoms with Crippen molar-refractivity contribution in [3.05, 3.63) is 71.2 Å². The number of rotatable bonds is 8. The number of ether oxygens (including phenoxy) is 1. The normalized spacial score (nSPS) is 10.7. The fourth-order valence-corrected chi connectivity index (χ4v) is 3.61. The highest BCUT2D eigenvalue weighted by Gasteiger charge is 2.13. The van der Waals surface area contributed by atoms with E-state index in [4.69, 9.17) is 21.5 Å². The molecule has 0 aliphatic rings. The zero-order chi connectivity index (χ0) is 24.9. The second kappa shape index (κ2) is 10.5. The van der Waals surface area contributed by atoms with Crippen molar-refractivity contribution in [2.75, 3.05) is 30.9 Å². The van der Waals surface area contributed by atoms with E-state index in [9.17, 15) is 9.59 Å². The van der Waals surface area contributed by atoms with Gasteiger partial charge in [0, 0.05) is 36.6 Å². The number of anilines is 2. The van der Waals surface area contributed by atoms with Gasteiger partial charge in [0.25, 0.3) is 5.91 Å². The highest BCUT2D eigenvalue weighted by Crippen LogP contribution is 2.31. The van der Waals surface area contributed by atoms with Gasteiger partial charge in [0.2, 0.25) is 5.91 Å². The Balaban J connectivity index is 1.47. The number of fused-ring (bicyclic) bond motifs is 1. The van der Waals surface area contributed by atoms with Gasteiger partial charge >= 0.3 is 0 Å². The monoisotopic (exact) mass is 493 g/mol. The third-order valence-corrected chi connectivity index (χ3v) is 5.63. The molecule has 0 unspecified atom stereocenters. The number of hydroxylamine groups is 1. The number of aromatic nitrogens is 2. The number of imidazole rings is 1. The smallest absolute Gasteiger partial charge is 0.255 e. The standard InChI is InChI=1S/C25H24ClN5O4/c1-31(2)17-6-10-21-22(14-17)29-24(28-21)19-13-16(5-9-20(19)26)27-25(33)15-3-7-18(8-4-15)35-12-11-23(32)30-34/h3-10,13-14,34H,11-12H2,1-2H3,(H,27,33)(H,28,29)(H,30,32). The van der Waals surface area contributed by atoms with E-state index in [1.165, 1.54) is 0 Å². The summed E-state index contributed by atoms with van der Waals surface area (Å²) in [6.07, 6.45) is 0.0136. The molecule has 0 radical (unpaired) electrons. The minimum atomic E-state index is -0.538. The van der Waals surface area contributed by atoms with Gasteiger partial charge in [-0.2, -0.15) is 0 Å². The first-order valence-corrected chi connectivity index (χ1v) is 11.2. The predicted octanol–water partition coefficient (Wildman–Crippen LogP) is 4.48. The third-order valence-electron chi connectivity index (χ3n) is 5.30. The number of benzene rings is 3. The van der Waals surface area contributed by atoms with Crippen LogP contribution in [0.3, 0.4) is 0 Å². The van der Waals surface area contributed by atoms with Gasteiger partial charge in [0.1, 0.15) is 11.6 Å². The van der Waals surface area contributed by atoms with Crippen molar-refractivity contribution in [3.8, 4) is 17.1 Å². The lowest BCUT2D eigenvalue weighted by atomic mass is 10.1. The molecular formula is C25H24ClN5O4. The molecule has 0 bridgehead atoms. The second-order valence-corrected chi connectivity index (χ2v) is 8.40. The Labute approximate surface area is 206 Å². The Morgan fingerprint density at radius 1 is 1.09 bits per heavy atom. The van der Waals surface area contributed by atoms with E-state index in [1.54, 1.807) is 47.9 Å². The maximum absolute atomic E-state index is 12.7. The molecule has 4 aromatic rings. The number of hydrogen-bond donors (Lipinski definition) is 4. The highest BCUT2D eigenvalue weighted by atomic mass is 35.5. The minimum Gasteiger partial charge on any atom is -0.493 e. The Hall–Kier alpha value is -4.08. The van der Waals surface area contributed by atoms with Gasteiger partial charge in [0.15, 0.2) is 0 Å². The van der Waals surface area contributed by atoms with Crippen molar-refractivity contribution in [2.24, 2.45) is 0 Å². The number of aromatic amines is 1. The Kier molecular flexibility index (Phi) is 7.19. The van der Waals surface area contributed by atoms with Crippen molar-refractivity contribution < 1.29 is 19.5 Å². The molecule has 0 spiro atoms.